The van der Waals surface area contributed by atoms with Crippen molar-refractivity contribution in [3.05, 3.63) is 85.1 Å². The van der Waals surface area contributed by atoms with Gasteiger partial charge in [-0.2, -0.15) is 0 Å². The van der Waals surface area contributed by atoms with Crippen LogP contribution in [0.25, 0.3) is 0 Å². The lowest BCUT2D eigenvalue weighted by molar-refractivity contribution is -0.870. The van der Waals surface area contributed by atoms with Crippen LogP contribution in [0.4, 0.5) is 0 Å². The van der Waals surface area contributed by atoms with Crippen LogP contribution in [0.1, 0.15) is 258 Å². The molecule has 0 saturated heterocycles. The van der Waals surface area contributed by atoms with Gasteiger partial charge in [-0.05, 0) is 70.6 Å². The van der Waals surface area contributed by atoms with Gasteiger partial charge in [-0.1, -0.05) is 266 Å². The summed E-state index contributed by atoms with van der Waals surface area (Å²) in [5.74, 6) is -0.149. The fraction of sp³-hybridized carbons (Fsp3) is 0.762. The Morgan fingerprint density at radius 2 is 0.833 bits per heavy atom. The first-order valence-corrected chi connectivity index (χ1v) is 31.4. The van der Waals surface area contributed by atoms with Gasteiger partial charge < -0.3 is 19.8 Å². The number of nitrogens with one attached hydrogen (secondary N) is 1. The number of phosphoric acid groups is 1. The van der Waals surface area contributed by atoms with Crippen LogP contribution < -0.4 is 5.32 Å². The van der Waals surface area contributed by atoms with Gasteiger partial charge in [-0.3, -0.25) is 13.8 Å². The van der Waals surface area contributed by atoms with E-state index >= 15 is 0 Å². The zero-order chi connectivity index (χ0) is 52.7. The van der Waals surface area contributed by atoms with E-state index in [-0.39, 0.29) is 19.1 Å². The van der Waals surface area contributed by atoms with Gasteiger partial charge in [0.25, 0.3) is 0 Å². The van der Waals surface area contributed by atoms with E-state index < -0.39 is 20.0 Å². The summed E-state index contributed by atoms with van der Waals surface area (Å²) in [6, 6.07) is -0.767. The number of quaternary nitrogens is 1. The Bertz CT molecular complexity index is 1450. The van der Waals surface area contributed by atoms with Crippen molar-refractivity contribution in [2.45, 2.75) is 270 Å². The minimum atomic E-state index is -4.33. The molecule has 418 valence electrons. The molecular weight excluding hydrogens is 912 g/mol. The van der Waals surface area contributed by atoms with Crippen molar-refractivity contribution in [3.63, 3.8) is 0 Å². The average Bonchev–Trinajstić information content (AvgIpc) is 3.34. The van der Waals surface area contributed by atoms with Crippen molar-refractivity contribution in [1.82, 2.24) is 5.32 Å². The monoisotopic (exact) mass is 1030 g/mol. The second-order valence-corrected chi connectivity index (χ2v) is 22.8. The van der Waals surface area contributed by atoms with Crippen LogP contribution in [0.5, 0.6) is 0 Å². The summed E-state index contributed by atoms with van der Waals surface area (Å²) in [5, 5.41) is 14.1. The number of aliphatic hydroxyl groups excluding tert-OH is 1. The average molecular weight is 1030 g/mol. The Morgan fingerprint density at radius 3 is 1.22 bits per heavy atom. The zero-order valence-corrected chi connectivity index (χ0v) is 48.5. The van der Waals surface area contributed by atoms with Gasteiger partial charge in [0.1, 0.15) is 13.2 Å². The van der Waals surface area contributed by atoms with E-state index in [2.05, 4.69) is 104 Å². The van der Waals surface area contributed by atoms with Gasteiger partial charge in [0, 0.05) is 6.42 Å². The fourth-order valence-corrected chi connectivity index (χ4v) is 9.23. The molecule has 0 aromatic carbocycles. The number of rotatable bonds is 54. The van der Waals surface area contributed by atoms with E-state index in [4.69, 9.17) is 9.05 Å². The fourth-order valence-electron chi connectivity index (χ4n) is 8.50. The van der Waals surface area contributed by atoms with Gasteiger partial charge in [0.2, 0.25) is 5.91 Å². The molecule has 0 aromatic rings. The van der Waals surface area contributed by atoms with Gasteiger partial charge in [-0.15, -0.1) is 0 Å². The van der Waals surface area contributed by atoms with Crippen molar-refractivity contribution in [2.24, 2.45) is 0 Å². The number of carbonyl (C=O) groups excluding carboxylic acids is 1. The van der Waals surface area contributed by atoms with Crippen LogP contribution in [0, 0.1) is 0 Å². The first-order chi connectivity index (χ1) is 35.0. The topological polar surface area (TPSA) is 105 Å². The lowest BCUT2D eigenvalue weighted by Gasteiger charge is -2.26. The van der Waals surface area contributed by atoms with Crippen molar-refractivity contribution < 1.29 is 32.9 Å². The Morgan fingerprint density at radius 1 is 0.486 bits per heavy atom. The minimum absolute atomic E-state index is 0.0713. The molecule has 0 aliphatic heterocycles. The highest BCUT2D eigenvalue weighted by Gasteiger charge is 2.28. The maximum atomic E-state index is 13.0. The normalized spacial score (nSPS) is 14.5. The largest absolute Gasteiger partial charge is 0.472 e. The molecule has 0 heterocycles. The number of hydrogen-bond acceptors (Lipinski definition) is 5. The summed E-state index contributed by atoms with van der Waals surface area (Å²) in [7, 11) is 1.61. The van der Waals surface area contributed by atoms with E-state index in [1.54, 1.807) is 0 Å². The minimum Gasteiger partial charge on any atom is -0.391 e. The maximum absolute atomic E-state index is 13.0. The number of nitrogens with zero attached hydrogens (tertiary/aromatic N) is 1. The van der Waals surface area contributed by atoms with E-state index in [1.807, 2.05) is 21.1 Å². The van der Waals surface area contributed by atoms with Gasteiger partial charge in [0.05, 0.1) is 39.9 Å². The molecule has 3 unspecified atom stereocenters. The van der Waals surface area contributed by atoms with Gasteiger partial charge in [0.15, 0.2) is 0 Å². The van der Waals surface area contributed by atoms with Gasteiger partial charge >= 0.3 is 7.82 Å². The quantitative estimate of drug-likeness (QED) is 0.0243. The molecule has 0 aliphatic carbocycles. The third-order valence-corrected chi connectivity index (χ3v) is 14.1. The van der Waals surface area contributed by atoms with Crippen LogP contribution in [0.2, 0.25) is 0 Å². The summed E-state index contributed by atoms with van der Waals surface area (Å²) in [6.45, 7) is 4.78. The van der Waals surface area contributed by atoms with E-state index in [1.165, 1.54) is 148 Å². The van der Waals surface area contributed by atoms with Gasteiger partial charge in [-0.25, -0.2) is 4.57 Å². The standard InChI is InChI=1S/C63H115N2O6P/c1-6-8-10-12-14-16-18-20-22-24-25-26-27-28-29-30-31-32-33-34-35-36-37-38-39-41-43-45-47-49-51-53-55-57-63(67)64-61(60-71-72(68,69)70-59-58-65(3,4)5)62(66)56-54-52-50-48-46-44-42-40-23-21-19-17-15-13-11-9-7-2/h8,10,14,16,20,22,25-26,28-29,31-32,34-35,61-62,66H,6-7,9,11-13,15,17-19,21,23-24,27,30,33,36-60H2,1-5H3,(H-,64,67,68,69)/p+1/b10-8-,16-14-,22-20-,26-25-,29-28-,32-31-,35-34-. The smallest absolute Gasteiger partial charge is 0.391 e. The third-order valence-electron chi connectivity index (χ3n) is 13.2. The van der Waals surface area contributed by atoms with Crippen molar-refractivity contribution >= 4 is 13.7 Å². The molecule has 0 radical (unpaired) electrons. The molecule has 3 atom stereocenters. The highest BCUT2D eigenvalue weighted by atomic mass is 31.2. The molecule has 1 amide bonds. The zero-order valence-electron chi connectivity index (χ0n) is 47.7. The number of likely N-dealkylation sites (N-methyl/N-ethyl adjacent to an activating group) is 1. The highest BCUT2D eigenvalue weighted by molar-refractivity contribution is 7.47. The van der Waals surface area contributed by atoms with Crippen LogP contribution in [0.15, 0.2) is 85.1 Å². The Kier molecular flexibility index (Phi) is 51.8. The van der Waals surface area contributed by atoms with E-state index in [9.17, 15) is 19.4 Å². The molecular formula is C63H116N2O6P+. The number of amides is 1. The number of allylic oxidation sites excluding steroid dienone is 14. The number of carbonyl (C=O) groups is 1. The summed E-state index contributed by atoms with van der Waals surface area (Å²) in [6.07, 6.45) is 74.9. The molecule has 0 aliphatic rings. The number of aliphatic hydroxyl groups is 1. The second kappa shape index (κ2) is 53.5. The summed E-state index contributed by atoms with van der Waals surface area (Å²) >= 11 is 0. The van der Waals surface area contributed by atoms with Crippen molar-refractivity contribution in [1.29, 1.82) is 0 Å². The Labute approximate surface area is 446 Å². The molecule has 0 bridgehead atoms. The van der Waals surface area contributed by atoms with Crippen molar-refractivity contribution in [2.75, 3.05) is 40.9 Å². The lowest BCUT2D eigenvalue weighted by Crippen LogP contribution is -2.46. The predicted octanol–water partition coefficient (Wildman–Crippen LogP) is 18.4. The molecule has 0 aromatic heterocycles. The van der Waals surface area contributed by atoms with Crippen LogP contribution in [-0.2, 0) is 18.4 Å². The number of phosphoric ester groups is 1. The lowest BCUT2D eigenvalue weighted by atomic mass is 10.0. The summed E-state index contributed by atoms with van der Waals surface area (Å²) in [5.41, 5.74) is 0. The molecule has 8 nitrogen and oxygen atoms in total. The molecule has 3 N–H and O–H groups in total. The number of unbranched alkanes of at least 4 members (excludes halogenated alkanes) is 27. The first-order valence-electron chi connectivity index (χ1n) is 30.0. The molecule has 0 rings (SSSR count). The Balaban J connectivity index is 4.12. The SMILES string of the molecule is CC/C=C\C/C=C\C/C=C\C/C=C\C/C=C\C/C=C\C/C=C\CCCCCCCCCCCCCC(=O)NC(COP(=O)(O)OCC[N+](C)(C)C)C(O)CCCCCCCCCCCCCCCCCCC. The molecule has 9 heteroatoms. The van der Waals surface area contributed by atoms with Crippen LogP contribution >= 0.6 is 7.82 Å². The molecule has 0 fully saturated rings. The second-order valence-electron chi connectivity index (χ2n) is 21.3. The number of hydrogen-bond donors (Lipinski definition) is 3. The third kappa shape index (κ3) is 55.4. The Hall–Kier alpha value is -2.32. The van der Waals surface area contributed by atoms with Crippen molar-refractivity contribution in [3.8, 4) is 0 Å². The maximum Gasteiger partial charge on any atom is 0.472 e. The summed E-state index contributed by atoms with van der Waals surface area (Å²) < 4.78 is 23.8. The van der Waals surface area contributed by atoms with E-state index in [0.717, 1.165) is 83.5 Å². The molecule has 72 heavy (non-hydrogen) atoms. The van der Waals surface area contributed by atoms with Crippen LogP contribution in [0.3, 0.4) is 0 Å². The van der Waals surface area contributed by atoms with E-state index in [0.29, 0.717) is 23.9 Å². The summed E-state index contributed by atoms with van der Waals surface area (Å²) in [4.78, 5) is 23.4. The first kappa shape index (κ1) is 69.7. The molecule has 0 spiro atoms. The predicted molar refractivity (Wildman–Crippen MR) is 313 cm³/mol. The molecule has 0 saturated carbocycles. The van der Waals surface area contributed by atoms with Crippen LogP contribution in [-0.4, -0.2) is 73.4 Å². The highest BCUT2D eigenvalue weighted by Crippen LogP contribution is 2.43.